The Hall–Kier alpha value is -2.45. The number of amides is 1. The number of ether oxygens (including phenoxy) is 3. The topological polar surface area (TPSA) is 94.2 Å². The minimum atomic E-state index is -0.768. The highest BCUT2D eigenvalue weighted by molar-refractivity contribution is 5.92. The van der Waals surface area contributed by atoms with Crippen LogP contribution in [0.5, 0.6) is 0 Å². The van der Waals surface area contributed by atoms with Gasteiger partial charge in [0.15, 0.2) is 6.61 Å². The second-order valence-electron chi connectivity index (χ2n) is 7.12. The maximum atomic E-state index is 12.2. The summed E-state index contributed by atoms with van der Waals surface area (Å²) in [4.78, 5) is 38.4. The molecule has 160 valence electrons. The summed E-state index contributed by atoms with van der Waals surface area (Å²) in [5.41, 5.74) is 1.46. The van der Waals surface area contributed by atoms with Crippen molar-refractivity contribution in [3.63, 3.8) is 0 Å². The zero-order valence-corrected chi connectivity index (χ0v) is 17.3. The number of benzene rings is 1. The van der Waals surface area contributed by atoms with Crippen LogP contribution >= 0.6 is 0 Å². The van der Waals surface area contributed by atoms with Crippen molar-refractivity contribution in [3.05, 3.63) is 35.4 Å². The van der Waals surface area contributed by atoms with Crippen LogP contribution < -0.4 is 5.32 Å². The molecule has 1 aliphatic rings. The van der Waals surface area contributed by atoms with Gasteiger partial charge in [0.05, 0.1) is 25.9 Å². The van der Waals surface area contributed by atoms with Gasteiger partial charge in [0.25, 0.3) is 5.91 Å². The highest BCUT2D eigenvalue weighted by Crippen LogP contribution is 2.11. The fraction of sp³-hybridized carbons (Fsp3) is 0.571. The number of carbonyl (C=O) groups excluding carboxylic acids is 3. The van der Waals surface area contributed by atoms with Crippen LogP contribution in [0.4, 0.5) is 0 Å². The highest BCUT2D eigenvalue weighted by atomic mass is 16.5. The number of hydrogen-bond donors (Lipinski definition) is 1. The van der Waals surface area contributed by atoms with Crippen molar-refractivity contribution < 1.29 is 28.6 Å². The van der Waals surface area contributed by atoms with E-state index in [4.69, 9.17) is 14.2 Å². The third kappa shape index (κ3) is 7.14. The first-order valence-corrected chi connectivity index (χ1v) is 9.88. The molecule has 8 heteroatoms. The van der Waals surface area contributed by atoms with Crippen LogP contribution in [0, 0.1) is 5.92 Å². The van der Waals surface area contributed by atoms with E-state index < -0.39 is 30.5 Å². The largest absolute Gasteiger partial charge is 0.467 e. The van der Waals surface area contributed by atoms with Gasteiger partial charge in [-0.05, 0) is 23.6 Å². The summed E-state index contributed by atoms with van der Waals surface area (Å²) in [6.07, 6.45) is 0.691. The Balaban J connectivity index is 1.83. The van der Waals surface area contributed by atoms with Crippen molar-refractivity contribution in [1.29, 1.82) is 0 Å². The summed E-state index contributed by atoms with van der Waals surface area (Å²) in [6, 6.07) is 6.36. The molecule has 1 saturated heterocycles. The standard InChI is InChI=1S/C21H30N2O6/c1-4-15(2)19(21(26)27-3)22-18(24)14-29-20(25)17-7-5-16(6-8-17)13-23-9-11-28-12-10-23/h5-8,15,19H,4,9-14H2,1-3H3,(H,22,24)/t15-,19+/m1/s1. The Morgan fingerprint density at radius 3 is 2.41 bits per heavy atom. The minimum Gasteiger partial charge on any atom is -0.467 e. The molecule has 1 aromatic rings. The van der Waals surface area contributed by atoms with Gasteiger partial charge in [0.2, 0.25) is 0 Å². The number of nitrogens with zero attached hydrogens (tertiary/aromatic N) is 1. The monoisotopic (exact) mass is 406 g/mol. The first-order valence-electron chi connectivity index (χ1n) is 9.88. The van der Waals surface area contributed by atoms with Crippen LogP contribution in [0.2, 0.25) is 0 Å². The number of morpholine rings is 1. The molecular weight excluding hydrogens is 376 g/mol. The highest BCUT2D eigenvalue weighted by Gasteiger charge is 2.27. The van der Waals surface area contributed by atoms with E-state index in [1.165, 1.54) is 7.11 Å². The van der Waals surface area contributed by atoms with Crippen LogP contribution in [-0.4, -0.2) is 68.8 Å². The Morgan fingerprint density at radius 1 is 1.17 bits per heavy atom. The van der Waals surface area contributed by atoms with Crippen molar-refractivity contribution in [3.8, 4) is 0 Å². The molecule has 1 N–H and O–H groups in total. The molecule has 2 rings (SSSR count). The predicted molar refractivity (Wildman–Crippen MR) is 106 cm³/mol. The summed E-state index contributed by atoms with van der Waals surface area (Å²) in [6.45, 7) is 7.34. The second kappa shape index (κ2) is 11.5. The lowest BCUT2D eigenvalue weighted by Gasteiger charge is -2.26. The summed E-state index contributed by atoms with van der Waals surface area (Å²) < 4.78 is 15.1. The molecule has 1 aromatic carbocycles. The molecule has 1 fully saturated rings. The fourth-order valence-electron chi connectivity index (χ4n) is 2.99. The van der Waals surface area contributed by atoms with E-state index in [0.717, 1.165) is 38.4 Å². The summed E-state index contributed by atoms with van der Waals surface area (Å²) >= 11 is 0. The fourth-order valence-corrected chi connectivity index (χ4v) is 2.99. The van der Waals surface area contributed by atoms with Gasteiger partial charge in [0, 0.05) is 19.6 Å². The van der Waals surface area contributed by atoms with Gasteiger partial charge < -0.3 is 19.5 Å². The van der Waals surface area contributed by atoms with Gasteiger partial charge in [-0.25, -0.2) is 9.59 Å². The van der Waals surface area contributed by atoms with Gasteiger partial charge in [-0.15, -0.1) is 0 Å². The molecule has 1 amide bonds. The van der Waals surface area contributed by atoms with E-state index in [1.807, 2.05) is 26.0 Å². The molecule has 8 nitrogen and oxygen atoms in total. The van der Waals surface area contributed by atoms with E-state index in [2.05, 4.69) is 10.2 Å². The summed E-state index contributed by atoms with van der Waals surface area (Å²) in [5, 5.41) is 2.57. The minimum absolute atomic E-state index is 0.0962. The number of hydrogen-bond acceptors (Lipinski definition) is 7. The van der Waals surface area contributed by atoms with E-state index in [9.17, 15) is 14.4 Å². The van der Waals surface area contributed by atoms with Crippen LogP contribution in [0.25, 0.3) is 0 Å². The van der Waals surface area contributed by atoms with Crippen LogP contribution in [0.15, 0.2) is 24.3 Å². The molecule has 1 aliphatic heterocycles. The van der Waals surface area contributed by atoms with Gasteiger partial charge in [-0.2, -0.15) is 0 Å². The Kier molecular flexibility index (Phi) is 9.08. The van der Waals surface area contributed by atoms with E-state index in [-0.39, 0.29) is 5.92 Å². The van der Waals surface area contributed by atoms with Crippen LogP contribution in [-0.2, 0) is 30.3 Å². The maximum absolute atomic E-state index is 12.2. The van der Waals surface area contributed by atoms with Crippen LogP contribution in [0.1, 0.15) is 36.2 Å². The lowest BCUT2D eigenvalue weighted by Crippen LogP contribution is -2.47. The quantitative estimate of drug-likeness (QED) is 0.619. The Morgan fingerprint density at radius 2 is 1.83 bits per heavy atom. The van der Waals surface area contributed by atoms with Gasteiger partial charge in [0.1, 0.15) is 6.04 Å². The molecule has 0 unspecified atom stereocenters. The molecule has 0 bridgehead atoms. The van der Waals surface area contributed by atoms with Crippen molar-refractivity contribution in [2.45, 2.75) is 32.9 Å². The normalized spacial score (nSPS) is 16.5. The molecule has 0 aliphatic carbocycles. The summed E-state index contributed by atoms with van der Waals surface area (Å²) in [7, 11) is 1.27. The van der Waals surface area contributed by atoms with E-state index in [1.54, 1.807) is 12.1 Å². The molecule has 0 radical (unpaired) electrons. The van der Waals surface area contributed by atoms with Crippen molar-refractivity contribution in [2.75, 3.05) is 40.0 Å². The zero-order valence-electron chi connectivity index (χ0n) is 17.3. The van der Waals surface area contributed by atoms with Crippen molar-refractivity contribution >= 4 is 17.8 Å². The van der Waals surface area contributed by atoms with Crippen molar-refractivity contribution in [1.82, 2.24) is 10.2 Å². The number of methoxy groups -OCH3 is 1. The molecule has 0 saturated carbocycles. The van der Waals surface area contributed by atoms with Gasteiger partial charge in [-0.3, -0.25) is 9.69 Å². The third-order valence-corrected chi connectivity index (χ3v) is 5.02. The van der Waals surface area contributed by atoms with E-state index >= 15 is 0 Å². The first-order chi connectivity index (χ1) is 13.9. The lowest BCUT2D eigenvalue weighted by molar-refractivity contribution is -0.147. The van der Waals surface area contributed by atoms with Crippen LogP contribution in [0.3, 0.4) is 0 Å². The average Bonchev–Trinajstić information content (AvgIpc) is 2.76. The molecule has 1 heterocycles. The molecule has 0 spiro atoms. The molecule has 2 atom stereocenters. The lowest BCUT2D eigenvalue weighted by atomic mass is 9.99. The Bertz CT molecular complexity index is 685. The van der Waals surface area contributed by atoms with E-state index in [0.29, 0.717) is 12.0 Å². The number of nitrogens with one attached hydrogen (secondary N) is 1. The summed E-state index contributed by atoms with van der Waals surface area (Å²) in [5.74, 6) is -1.75. The third-order valence-electron chi connectivity index (χ3n) is 5.02. The molecular formula is C21H30N2O6. The van der Waals surface area contributed by atoms with Crippen molar-refractivity contribution in [2.24, 2.45) is 5.92 Å². The molecule has 0 aromatic heterocycles. The predicted octanol–water partition coefficient (Wildman–Crippen LogP) is 1.38. The second-order valence-corrected chi connectivity index (χ2v) is 7.12. The maximum Gasteiger partial charge on any atom is 0.338 e. The van der Waals surface area contributed by atoms with Gasteiger partial charge in [-0.1, -0.05) is 32.4 Å². The smallest absolute Gasteiger partial charge is 0.338 e. The first kappa shape index (κ1) is 22.8. The number of carbonyl (C=O) groups is 3. The molecule has 29 heavy (non-hydrogen) atoms. The number of rotatable bonds is 9. The zero-order chi connectivity index (χ0) is 21.2. The Labute approximate surface area is 171 Å². The SMILES string of the molecule is CC[C@@H](C)[C@H](NC(=O)COC(=O)c1ccc(CN2CCOCC2)cc1)C(=O)OC. The van der Waals surface area contributed by atoms with Gasteiger partial charge >= 0.3 is 11.9 Å². The number of esters is 2. The average molecular weight is 406 g/mol.